The highest BCUT2D eigenvalue weighted by atomic mass is 16.5. The first-order valence-corrected chi connectivity index (χ1v) is 6.68. The average molecular weight is 289 g/mol. The van der Waals surface area contributed by atoms with Gasteiger partial charge in [0.25, 0.3) is 0 Å². The van der Waals surface area contributed by atoms with Gasteiger partial charge in [0.05, 0.1) is 12.8 Å². The summed E-state index contributed by atoms with van der Waals surface area (Å²) >= 11 is 0. The van der Waals surface area contributed by atoms with E-state index in [2.05, 4.69) is 15.3 Å². The van der Waals surface area contributed by atoms with E-state index in [0.717, 1.165) is 11.4 Å². The molecule has 2 rings (SSSR count). The minimum atomic E-state index is -0.589. The van der Waals surface area contributed by atoms with Crippen molar-refractivity contribution in [1.82, 2.24) is 15.3 Å². The molecular formula is C15H19N3O3. The summed E-state index contributed by atoms with van der Waals surface area (Å²) in [5.41, 5.74) is 0.883. The molecule has 1 aromatic heterocycles. The summed E-state index contributed by atoms with van der Waals surface area (Å²) in [6, 6.07) is 9.07. The number of hydrogen-bond donors (Lipinski definition) is 2. The molecule has 0 radical (unpaired) electrons. The van der Waals surface area contributed by atoms with E-state index in [1.165, 1.54) is 6.33 Å². The Morgan fingerprint density at radius 2 is 1.95 bits per heavy atom. The Morgan fingerprint density at radius 1 is 1.19 bits per heavy atom. The molecule has 0 aliphatic heterocycles. The third kappa shape index (κ3) is 5.37. The van der Waals surface area contributed by atoms with Gasteiger partial charge in [-0.3, -0.25) is 0 Å². The highest BCUT2D eigenvalue weighted by Gasteiger charge is 2.05. The van der Waals surface area contributed by atoms with Gasteiger partial charge in [0.15, 0.2) is 0 Å². The van der Waals surface area contributed by atoms with Gasteiger partial charge in [-0.15, -0.1) is 0 Å². The molecule has 6 nitrogen and oxygen atoms in total. The van der Waals surface area contributed by atoms with Crippen LogP contribution in [0.25, 0.3) is 0 Å². The van der Waals surface area contributed by atoms with E-state index in [9.17, 15) is 5.11 Å². The van der Waals surface area contributed by atoms with Crippen LogP contribution in [0.4, 0.5) is 0 Å². The molecule has 6 heteroatoms. The zero-order valence-electron chi connectivity index (χ0n) is 11.9. The summed E-state index contributed by atoms with van der Waals surface area (Å²) < 4.78 is 10.6. The molecule has 0 aliphatic carbocycles. The van der Waals surface area contributed by atoms with Gasteiger partial charge in [-0.05, 0) is 30.3 Å². The number of methoxy groups -OCH3 is 1. The van der Waals surface area contributed by atoms with E-state index in [1.54, 1.807) is 25.4 Å². The van der Waals surface area contributed by atoms with Crippen LogP contribution in [0.5, 0.6) is 11.5 Å². The van der Waals surface area contributed by atoms with Gasteiger partial charge >= 0.3 is 0 Å². The lowest BCUT2D eigenvalue weighted by Crippen LogP contribution is -2.31. The quantitative estimate of drug-likeness (QED) is 0.755. The second-order valence-corrected chi connectivity index (χ2v) is 4.47. The van der Waals surface area contributed by atoms with Gasteiger partial charge < -0.3 is 19.9 Å². The van der Waals surface area contributed by atoms with Crippen LogP contribution in [-0.4, -0.2) is 41.4 Å². The Labute approximate surface area is 123 Å². The van der Waals surface area contributed by atoms with Crippen LogP contribution in [0.2, 0.25) is 0 Å². The van der Waals surface area contributed by atoms with Crippen molar-refractivity contribution in [2.24, 2.45) is 0 Å². The molecule has 1 atom stereocenters. The molecule has 1 heterocycles. The van der Waals surface area contributed by atoms with Crippen molar-refractivity contribution in [2.75, 3.05) is 20.3 Å². The minimum absolute atomic E-state index is 0.225. The maximum atomic E-state index is 9.84. The number of ether oxygens (including phenoxy) is 2. The maximum absolute atomic E-state index is 9.84. The first-order chi connectivity index (χ1) is 10.3. The number of nitrogens with zero attached hydrogens (tertiary/aromatic N) is 2. The minimum Gasteiger partial charge on any atom is -0.497 e. The fourth-order valence-electron chi connectivity index (χ4n) is 1.71. The van der Waals surface area contributed by atoms with Gasteiger partial charge in [-0.1, -0.05) is 0 Å². The van der Waals surface area contributed by atoms with Crippen molar-refractivity contribution in [3.05, 3.63) is 48.5 Å². The molecule has 0 bridgehead atoms. The molecule has 1 aromatic carbocycles. The summed E-state index contributed by atoms with van der Waals surface area (Å²) in [5, 5.41) is 13.0. The number of benzene rings is 1. The van der Waals surface area contributed by atoms with E-state index in [1.807, 2.05) is 18.2 Å². The van der Waals surface area contributed by atoms with Crippen LogP contribution in [0, 0.1) is 0 Å². The standard InChI is InChI=1S/C15H19N3O3/c1-20-14-2-4-15(5-3-14)21-10-13(19)9-17-8-12-6-7-16-11-18-12/h2-7,11,13,17,19H,8-10H2,1H3. The lowest BCUT2D eigenvalue weighted by atomic mass is 10.3. The summed E-state index contributed by atoms with van der Waals surface area (Å²) in [4.78, 5) is 7.93. The van der Waals surface area contributed by atoms with E-state index >= 15 is 0 Å². The van der Waals surface area contributed by atoms with Crippen LogP contribution < -0.4 is 14.8 Å². The van der Waals surface area contributed by atoms with Gasteiger partial charge in [-0.25, -0.2) is 9.97 Å². The fraction of sp³-hybridized carbons (Fsp3) is 0.333. The Kier molecular flexibility index (Phi) is 5.93. The predicted octanol–water partition coefficient (Wildman–Crippen LogP) is 1.01. The molecule has 0 amide bonds. The number of aliphatic hydroxyl groups is 1. The predicted molar refractivity (Wildman–Crippen MR) is 78.2 cm³/mol. The van der Waals surface area contributed by atoms with Gasteiger partial charge in [0.1, 0.15) is 30.5 Å². The highest BCUT2D eigenvalue weighted by molar-refractivity contribution is 5.31. The molecule has 21 heavy (non-hydrogen) atoms. The zero-order chi connectivity index (χ0) is 14.9. The van der Waals surface area contributed by atoms with Crippen molar-refractivity contribution in [3.8, 4) is 11.5 Å². The van der Waals surface area contributed by atoms with Crippen LogP contribution in [0.3, 0.4) is 0 Å². The van der Waals surface area contributed by atoms with Gasteiger partial charge in [-0.2, -0.15) is 0 Å². The smallest absolute Gasteiger partial charge is 0.119 e. The Balaban J connectivity index is 1.66. The molecule has 0 aliphatic rings. The van der Waals surface area contributed by atoms with E-state index in [4.69, 9.17) is 9.47 Å². The molecule has 0 saturated heterocycles. The Hall–Kier alpha value is -2.18. The van der Waals surface area contributed by atoms with Crippen LogP contribution in [-0.2, 0) is 6.54 Å². The fourth-order valence-corrected chi connectivity index (χ4v) is 1.71. The highest BCUT2D eigenvalue weighted by Crippen LogP contribution is 2.16. The molecule has 2 aromatic rings. The second kappa shape index (κ2) is 8.18. The number of nitrogens with one attached hydrogen (secondary N) is 1. The molecule has 0 spiro atoms. The van der Waals surface area contributed by atoms with Crippen molar-refractivity contribution < 1.29 is 14.6 Å². The van der Waals surface area contributed by atoms with E-state index in [-0.39, 0.29) is 6.61 Å². The summed E-state index contributed by atoms with van der Waals surface area (Å²) in [7, 11) is 1.61. The maximum Gasteiger partial charge on any atom is 0.119 e. The molecule has 112 valence electrons. The van der Waals surface area contributed by atoms with Crippen LogP contribution in [0.15, 0.2) is 42.9 Å². The topological polar surface area (TPSA) is 76.5 Å². The summed E-state index contributed by atoms with van der Waals surface area (Å²) in [5.74, 6) is 1.47. The van der Waals surface area contributed by atoms with Crippen LogP contribution in [0.1, 0.15) is 5.69 Å². The molecule has 2 N–H and O–H groups in total. The number of aromatic nitrogens is 2. The first-order valence-electron chi connectivity index (χ1n) is 6.68. The van der Waals surface area contributed by atoms with Crippen molar-refractivity contribution in [2.45, 2.75) is 12.6 Å². The van der Waals surface area contributed by atoms with E-state index in [0.29, 0.717) is 18.8 Å². The number of aliphatic hydroxyl groups excluding tert-OH is 1. The third-order valence-electron chi connectivity index (χ3n) is 2.83. The van der Waals surface area contributed by atoms with E-state index < -0.39 is 6.10 Å². The Morgan fingerprint density at radius 3 is 2.62 bits per heavy atom. The molecule has 1 unspecified atom stereocenters. The second-order valence-electron chi connectivity index (χ2n) is 4.47. The average Bonchev–Trinajstić information content (AvgIpc) is 2.54. The largest absolute Gasteiger partial charge is 0.497 e. The normalized spacial score (nSPS) is 11.9. The van der Waals surface area contributed by atoms with Gasteiger partial charge in [0, 0.05) is 19.3 Å². The SMILES string of the molecule is COc1ccc(OCC(O)CNCc2ccncn2)cc1. The van der Waals surface area contributed by atoms with Gasteiger partial charge in [0.2, 0.25) is 0 Å². The Bertz CT molecular complexity index is 519. The molecule has 0 fully saturated rings. The number of hydrogen-bond acceptors (Lipinski definition) is 6. The summed E-state index contributed by atoms with van der Waals surface area (Å²) in [6.07, 6.45) is 2.60. The summed E-state index contributed by atoms with van der Waals surface area (Å²) in [6.45, 7) is 1.24. The molecule has 0 saturated carbocycles. The number of rotatable bonds is 8. The molecular weight excluding hydrogens is 270 g/mol. The lowest BCUT2D eigenvalue weighted by molar-refractivity contribution is 0.106. The van der Waals surface area contributed by atoms with Crippen molar-refractivity contribution in [1.29, 1.82) is 0 Å². The van der Waals surface area contributed by atoms with Crippen LogP contribution >= 0.6 is 0 Å². The monoisotopic (exact) mass is 289 g/mol. The first kappa shape index (κ1) is 15.2. The van der Waals surface area contributed by atoms with Crippen molar-refractivity contribution in [3.63, 3.8) is 0 Å². The lowest BCUT2D eigenvalue weighted by Gasteiger charge is -2.13. The third-order valence-corrected chi connectivity index (χ3v) is 2.83. The van der Waals surface area contributed by atoms with Crippen molar-refractivity contribution >= 4 is 0 Å². The zero-order valence-corrected chi connectivity index (χ0v) is 11.9.